The molecule has 1 unspecified atom stereocenters. The van der Waals surface area contributed by atoms with Crippen molar-refractivity contribution < 1.29 is 19.1 Å². The Morgan fingerprint density at radius 2 is 2.03 bits per heavy atom. The number of carboxylic acids is 1. The number of carbonyl (C=O) groups is 2. The van der Waals surface area contributed by atoms with Gasteiger partial charge in [-0.15, -0.1) is 0 Å². The van der Waals surface area contributed by atoms with Crippen LogP contribution in [0, 0.1) is 5.92 Å². The number of nitrogens with zero attached hydrogens (tertiary/aromatic N) is 2. The van der Waals surface area contributed by atoms with Crippen LogP contribution in [-0.2, 0) is 29.0 Å². The third kappa shape index (κ3) is 5.59. The minimum absolute atomic E-state index is 0.0485. The summed E-state index contributed by atoms with van der Waals surface area (Å²) >= 11 is 0. The maximum Gasteiger partial charge on any atom is 0.315 e. The highest BCUT2D eigenvalue weighted by Gasteiger charge is 2.19. The second-order valence-electron chi connectivity index (χ2n) is 7.12. The largest absolute Gasteiger partial charge is 0.481 e. The van der Waals surface area contributed by atoms with Gasteiger partial charge in [-0.1, -0.05) is 18.2 Å². The van der Waals surface area contributed by atoms with Crippen molar-refractivity contribution >= 4 is 17.8 Å². The lowest BCUT2D eigenvalue weighted by atomic mass is 10.0. The van der Waals surface area contributed by atoms with Crippen LogP contribution in [0.2, 0.25) is 0 Å². The molecule has 0 saturated heterocycles. The molecule has 3 aromatic rings. The van der Waals surface area contributed by atoms with Gasteiger partial charge in [0.25, 0.3) is 5.56 Å². The van der Waals surface area contributed by atoms with Gasteiger partial charge in [0, 0.05) is 24.7 Å². The molecule has 0 saturated carbocycles. The van der Waals surface area contributed by atoms with Gasteiger partial charge in [-0.25, -0.2) is 4.98 Å². The molecule has 0 fully saturated rings. The zero-order valence-electron chi connectivity index (χ0n) is 17.1. The van der Waals surface area contributed by atoms with Crippen molar-refractivity contribution in [3.63, 3.8) is 0 Å². The summed E-state index contributed by atoms with van der Waals surface area (Å²) in [6.45, 7) is 1.46. The van der Waals surface area contributed by atoms with Gasteiger partial charge in [0.05, 0.1) is 12.0 Å². The van der Waals surface area contributed by atoms with Crippen LogP contribution < -0.4 is 16.6 Å². The number of carbonyl (C=O) groups excluding carboxylic acids is 1. The van der Waals surface area contributed by atoms with E-state index in [2.05, 4.69) is 10.3 Å². The van der Waals surface area contributed by atoms with Crippen LogP contribution in [0.1, 0.15) is 18.2 Å². The molecule has 31 heavy (non-hydrogen) atoms. The summed E-state index contributed by atoms with van der Waals surface area (Å²) in [5.41, 5.74) is 8.24. The summed E-state index contributed by atoms with van der Waals surface area (Å²) in [4.78, 5) is 39.2. The van der Waals surface area contributed by atoms with Gasteiger partial charge in [0.15, 0.2) is 0 Å². The van der Waals surface area contributed by atoms with E-state index in [1.165, 1.54) is 17.6 Å². The summed E-state index contributed by atoms with van der Waals surface area (Å²) in [6.07, 6.45) is 2.84. The lowest BCUT2D eigenvalue weighted by molar-refractivity contribution is -0.146. The third-order valence-electron chi connectivity index (χ3n) is 4.89. The van der Waals surface area contributed by atoms with Crippen LogP contribution in [0.4, 0.5) is 5.95 Å². The number of carboxylic acid groups (broad SMARTS) is 1. The minimum Gasteiger partial charge on any atom is -0.481 e. The standard InChI is InChI=1S/C22H24N4O5/c1-14(21(29)30)20(28)24-9-10-26-19(27)13-17(25-22(26)23)8-7-15-4-2-5-16(12-15)18-6-3-11-31-18/h2-6,11-14H,7-10H2,1H3,(H2,23,25)(H,24,28)(H,29,30). The molecule has 4 N–H and O–H groups in total. The van der Waals surface area contributed by atoms with Crippen LogP contribution in [-0.4, -0.2) is 33.1 Å². The second-order valence-corrected chi connectivity index (χ2v) is 7.12. The number of benzene rings is 1. The zero-order valence-corrected chi connectivity index (χ0v) is 17.1. The van der Waals surface area contributed by atoms with Crippen molar-refractivity contribution in [2.75, 3.05) is 12.3 Å². The van der Waals surface area contributed by atoms with Crippen LogP contribution in [0.5, 0.6) is 0 Å². The number of hydrogen-bond acceptors (Lipinski definition) is 6. The van der Waals surface area contributed by atoms with Crippen LogP contribution in [0.25, 0.3) is 11.3 Å². The average Bonchev–Trinajstić information content (AvgIpc) is 3.28. The Kier molecular flexibility index (Phi) is 6.86. The number of nitrogen functional groups attached to an aromatic ring is 1. The first-order chi connectivity index (χ1) is 14.8. The molecule has 0 aliphatic rings. The lowest BCUT2D eigenvalue weighted by Crippen LogP contribution is -2.37. The van der Waals surface area contributed by atoms with Crippen LogP contribution >= 0.6 is 0 Å². The van der Waals surface area contributed by atoms with E-state index >= 15 is 0 Å². The molecule has 0 radical (unpaired) electrons. The average molecular weight is 424 g/mol. The van der Waals surface area contributed by atoms with E-state index in [0.717, 1.165) is 16.9 Å². The molecule has 2 aromatic heterocycles. The summed E-state index contributed by atoms with van der Waals surface area (Å²) < 4.78 is 6.67. The maximum atomic E-state index is 12.4. The van der Waals surface area contributed by atoms with Crippen molar-refractivity contribution in [1.29, 1.82) is 0 Å². The van der Waals surface area contributed by atoms with E-state index in [9.17, 15) is 14.4 Å². The molecule has 2 heterocycles. The van der Waals surface area contributed by atoms with E-state index < -0.39 is 17.8 Å². The van der Waals surface area contributed by atoms with Crippen LogP contribution in [0.3, 0.4) is 0 Å². The summed E-state index contributed by atoms with van der Waals surface area (Å²) in [5.74, 6) is -2.17. The minimum atomic E-state index is -1.21. The number of aryl methyl sites for hydroxylation is 2. The number of nitrogens with two attached hydrogens (primary N) is 1. The van der Waals surface area contributed by atoms with Gasteiger partial charge >= 0.3 is 5.97 Å². The summed E-state index contributed by atoms with van der Waals surface area (Å²) in [6, 6.07) is 13.1. The van der Waals surface area contributed by atoms with Crippen molar-refractivity contribution in [1.82, 2.24) is 14.9 Å². The van der Waals surface area contributed by atoms with E-state index in [1.54, 1.807) is 6.26 Å². The smallest absolute Gasteiger partial charge is 0.315 e. The lowest BCUT2D eigenvalue weighted by Gasteiger charge is -2.12. The molecule has 9 heteroatoms. The Morgan fingerprint density at radius 1 is 1.23 bits per heavy atom. The van der Waals surface area contributed by atoms with Crippen LogP contribution in [0.15, 0.2) is 57.9 Å². The molecule has 9 nitrogen and oxygen atoms in total. The number of anilines is 1. The van der Waals surface area contributed by atoms with E-state index in [4.69, 9.17) is 15.3 Å². The van der Waals surface area contributed by atoms with Gasteiger partial charge in [0.2, 0.25) is 11.9 Å². The van der Waals surface area contributed by atoms with Crippen molar-refractivity contribution in [3.8, 4) is 11.3 Å². The van der Waals surface area contributed by atoms with Gasteiger partial charge < -0.3 is 20.6 Å². The number of amides is 1. The molecule has 3 rings (SSSR count). The number of furan rings is 1. The summed E-state index contributed by atoms with van der Waals surface area (Å²) in [5, 5.41) is 11.3. The molecule has 0 spiro atoms. The van der Waals surface area contributed by atoms with E-state index in [1.807, 2.05) is 36.4 Å². The number of aromatic nitrogens is 2. The summed E-state index contributed by atoms with van der Waals surface area (Å²) in [7, 11) is 0. The molecular weight excluding hydrogens is 400 g/mol. The number of rotatable bonds is 9. The molecular formula is C22H24N4O5. The SMILES string of the molecule is CC(C(=O)O)C(=O)NCCn1c(N)nc(CCc2cccc(-c3ccco3)c2)cc1=O. The number of hydrogen-bond donors (Lipinski definition) is 3. The first kappa shape index (κ1) is 21.8. The highest BCUT2D eigenvalue weighted by Crippen LogP contribution is 2.21. The predicted molar refractivity (Wildman–Crippen MR) is 114 cm³/mol. The molecule has 0 aliphatic carbocycles. The Hall–Kier alpha value is -3.88. The monoisotopic (exact) mass is 424 g/mol. The van der Waals surface area contributed by atoms with Gasteiger partial charge in [0.1, 0.15) is 11.7 Å². The second kappa shape index (κ2) is 9.75. The molecule has 162 valence electrons. The molecule has 0 bridgehead atoms. The van der Waals surface area contributed by atoms with Crippen molar-refractivity contribution in [2.24, 2.45) is 5.92 Å². The van der Waals surface area contributed by atoms with Crippen molar-refractivity contribution in [2.45, 2.75) is 26.3 Å². The first-order valence-corrected chi connectivity index (χ1v) is 9.84. The Balaban J connectivity index is 1.60. The van der Waals surface area contributed by atoms with Gasteiger partial charge in [-0.3, -0.25) is 19.0 Å². The fourth-order valence-electron chi connectivity index (χ4n) is 3.08. The first-order valence-electron chi connectivity index (χ1n) is 9.84. The fraction of sp³-hybridized carbons (Fsp3) is 0.273. The zero-order chi connectivity index (χ0) is 22.4. The number of aliphatic carboxylic acids is 1. The molecule has 1 aromatic carbocycles. The van der Waals surface area contributed by atoms with Gasteiger partial charge in [-0.2, -0.15) is 0 Å². The Morgan fingerprint density at radius 3 is 2.71 bits per heavy atom. The van der Waals surface area contributed by atoms with Crippen molar-refractivity contribution in [3.05, 3.63) is 70.3 Å². The quantitative estimate of drug-likeness (QED) is 0.444. The maximum absolute atomic E-state index is 12.4. The predicted octanol–water partition coefficient (Wildman–Crippen LogP) is 1.71. The fourth-order valence-corrected chi connectivity index (χ4v) is 3.08. The Bertz CT molecular complexity index is 1120. The normalized spacial score (nSPS) is 11.8. The number of nitrogens with one attached hydrogen (secondary N) is 1. The van der Waals surface area contributed by atoms with E-state index in [0.29, 0.717) is 18.5 Å². The van der Waals surface area contributed by atoms with Gasteiger partial charge in [-0.05, 0) is 43.5 Å². The molecule has 1 amide bonds. The third-order valence-corrected chi connectivity index (χ3v) is 4.89. The molecule has 0 aliphatic heterocycles. The Labute approximate surface area is 178 Å². The highest BCUT2D eigenvalue weighted by molar-refractivity contribution is 5.96. The van der Waals surface area contributed by atoms with E-state index in [-0.39, 0.29) is 24.6 Å². The highest BCUT2D eigenvalue weighted by atomic mass is 16.4. The topological polar surface area (TPSA) is 140 Å². The molecule has 1 atom stereocenters.